The summed E-state index contributed by atoms with van der Waals surface area (Å²) in [6, 6.07) is 11.5. The van der Waals surface area contributed by atoms with Gasteiger partial charge < -0.3 is 14.5 Å². The fraction of sp³-hybridized carbons (Fsp3) is 0.158. The van der Waals surface area contributed by atoms with Crippen LogP contribution in [0.15, 0.2) is 41.2 Å². The molecule has 4 heterocycles. The van der Waals surface area contributed by atoms with Crippen molar-refractivity contribution >= 4 is 21.8 Å². The summed E-state index contributed by atoms with van der Waals surface area (Å²) in [5.41, 5.74) is 3.80. The number of H-pyrrole nitrogens is 1. The molecular weight excluding hydrogens is 318 g/mol. The molecule has 122 valence electrons. The number of hydrogen-bond acceptors (Lipinski definition) is 4. The van der Waals surface area contributed by atoms with Gasteiger partial charge in [-0.15, -0.1) is 0 Å². The molecule has 2 aliphatic heterocycles. The van der Waals surface area contributed by atoms with Gasteiger partial charge in [0.05, 0.1) is 22.1 Å². The lowest BCUT2D eigenvalue weighted by Gasteiger charge is -2.18. The van der Waals surface area contributed by atoms with Crippen LogP contribution in [0.25, 0.3) is 33.3 Å². The van der Waals surface area contributed by atoms with E-state index >= 15 is 0 Å². The third-order valence-electron chi connectivity index (χ3n) is 5.07. The Morgan fingerprint density at radius 1 is 1.08 bits per heavy atom. The predicted molar refractivity (Wildman–Crippen MR) is 93.1 cm³/mol. The summed E-state index contributed by atoms with van der Waals surface area (Å²) < 4.78 is 12.7. The average molecular weight is 331 g/mol. The Bertz CT molecular complexity index is 1250. The number of aromatic nitrogens is 3. The first-order valence-electron chi connectivity index (χ1n) is 8.24. The Labute approximate surface area is 141 Å². The van der Waals surface area contributed by atoms with Crippen molar-refractivity contribution in [3.63, 3.8) is 0 Å². The van der Waals surface area contributed by atoms with Crippen molar-refractivity contribution in [1.82, 2.24) is 14.5 Å². The van der Waals surface area contributed by atoms with Crippen molar-refractivity contribution < 1.29 is 9.47 Å². The Morgan fingerprint density at radius 2 is 1.92 bits per heavy atom. The van der Waals surface area contributed by atoms with Gasteiger partial charge in [-0.2, -0.15) is 0 Å². The van der Waals surface area contributed by atoms with Crippen LogP contribution in [0.1, 0.15) is 5.56 Å². The number of rotatable bonds is 0. The highest BCUT2D eigenvalue weighted by Crippen LogP contribution is 2.41. The first-order chi connectivity index (χ1) is 12.3. The van der Waals surface area contributed by atoms with Crippen molar-refractivity contribution in [2.75, 3.05) is 6.79 Å². The zero-order valence-corrected chi connectivity index (χ0v) is 13.2. The van der Waals surface area contributed by atoms with E-state index in [0.717, 1.165) is 40.0 Å². The second kappa shape index (κ2) is 4.42. The third-order valence-corrected chi connectivity index (χ3v) is 5.07. The topological polar surface area (TPSA) is 69.1 Å². The molecule has 4 aromatic rings. The molecule has 0 unspecified atom stereocenters. The lowest BCUT2D eigenvalue weighted by molar-refractivity contribution is 0.174. The lowest BCUT2D eigenvalue weighted by atomic mass is 10.0. The van der Waals surface area contributed by atoms with Crippen molar-refractivity contribution in [2.45, 2.75) is 13.0 Å². The number of hydrogen-bond donors (Lipinski definition) is 1. The van der Waals surface area contributed by atoms with Gasteiger partial charge in [0.15, 0.2) is 17.3 Å². The van der Waals surface area contributed by atoms with E-state index in [2.05, 4.69) is 4.98 Å². The molecule has 6 nitrogen and oxygen atoms in total. The van der Waals surface area contributed by atoms with Crippen LogP contribution in [0.2, 0.25) is 0 Å². The van der Waals surface area contributed by atoms with Gasteiger partial charge in [-0.25, -0.2) is 4.98 Å². The molecule has 25 heavy (non-hydrogen) atoms. The fourth-order valence-electron chi connectivity index (χ4n) is 3.88. The number of nitrogens with zero attached hydrogens (tertiary/aromatic N) is 2. The van der Waals surface area contributed by atoms with E-state index in [1.807, 2.05) is 36.4 Å². The Morgan fingerprint density at radius 3 is 2.84 bits per heavy atom. The first kappa shape index (κ1) is 13.1. The van der Waals surface area contributed by atoms with E-state index in [9.17, 15) is 4.79 Å². The number of fused-ring (bicyclic) bond motifs is 7. The van der Waals surface area contributed by atoms with E-state index in [-0.39, 0.29) is 12.4 Å². The molecule has 0 spiro atoms. The molecule has 6 heteroatoms. The summed E-state index contributed by atoms with van der Waals surface area (Å²) in [6.07, 6.45) is 0.780. The van der Waals surface area contributed by atoms with Crippen LogP contribution in [0.4, 0.5) is 0 Å². The van der Waals surface area contributed by atoms with Crippen molar-refractivity contribution in [2.24, 2.45) is 0 Å². The molecular formula is C19H13N3O3. The zero-order valence-electron chi connectivity index (χ0n) is 13.2. The molecule has 6 rings (SSSR count). The molecule has 0 saturated carbocycles. The van der Waals surface area contributed by atoms with Gasteiger partial charge in [0.2, 0.25) is 6.79 Å². The van der Waals surface area contributed by atoms with Gasteiger partial charge in [0.25, 0.3) is 5.56 Å². The van der Waals surface area contributed by atoms with Gasteiger partial charge in [0.1, 0.15) is 0 Å². The number of nitrogens with one attached hydrogen (secondary N) is 1. The number of aromatic amines is 1. The van der Waals surface area contributed by atoms with Crippen LogP contribution >= 0.6 is 0 Å². The van der Waals surface area contributed by atoms with Gasteiger partial charge in [-0.1, -0.05) is 12.1 Å². The summed E-state index contributed by atoms with van der Waals surface area (Å²) in [4.78, 5) is 21.0. The van der Waals surface area contributed by atoms with E-state index in [1.54, 1.807) is 4.57 Å². The van der Waals surface area contributed by atoms with E-state index < -0.39 is 0 Å². The minimum Gasteiger partial charge on any atom is -0.454 e. The molecule has 2 aromatic carbocycles. The molecule has 2 aromatic heterocycles. The third kappa shape index (κ3) is 1.63. The minimum absolute atomic E-state index is 0.0130. The SMILES string of the molecule is O=c1c2ccccc2nc2n1CCc1c-2[nH]c2cc3c(cc12)OCO3. The van der Waals surface area contributed by atoms with Crippen molar-refractivity contribution in [3.8, 4) is 23.0 Å². The van der Waals surface area contributed by atoms with Crippen molar-refractivity contribution in [3.05, 3.63) is 52.3 Å². The zero-order chi connectivity index (χ0) is 16.5. The summed E-state index contributed by atoms with van der Waals surface area (Å²) in [6.45, 7) is 0.885. The molecule has 0 fully saturated rings. The van der Waals surface area contributed by atoms with Gasteiger partial charge in [0, 0.05) is 18.0 Å². The molecule has 0 radical (unpaired) electrons. The number of benzene rings is 2. The normalized spacial score (nSPS) is 14.7. The van der Waals surface area contributed by atoms with Crippen LogP contribution in [0.3, 0.4) is 0 Å². The van der Waals surface area contributed by atoms with Gasteiger partial charge in [-0.05, 0) is 30.2 Å². The maximum absolute atomic E-state index is 12.8. The van der Waals surface area contributed by atoms with Crippen molar-refractivity contribution in [1.29, 1.82) is 0 Å². The summed E-state index contributed by atoms with van der Waals surface area (Å²) in [7, 11) is 0. The second-order valence-corrected chi connectivity index (χ2v) is 6.39. The van der Waals surface area contributed by atoms with Gasteiger partial charge in [-0.3, -0.25) is 9.36 Å². The lowest BCUT2D eigenvalue weighted by Crippen LogP contribution is -2.27. The Balaban J connectivity index is 1.69. The number of ether oxygens (including phenoxy) is 2. The summed E-state index contributed by atoms with van der Waals surface area (Å²) in [5.74, 6) is 2.21. The Kier molecular flexibility index (Phi) is 2.31. The standard InChI is InChI=1S/C19H13N3O3/c23-19-11-3-1-2-4-13(11)21-18-17-10(5-6-22(18)19)12-7-15-16(25-9-24-15)8-14(12)20-17/h1-4,7-8,20H,5-6,9H2. The van der Waals surface area contributed by atoms with Gasteiger partial charge >= 0.3 is 0 Å². The van der Waals surface area contributed by atoms with Crippen LogP contribution in [-0.4, -0.2) is 21.3 Å². The predicted octanol–water partition coefficient (Wildman–Crippen LogP) is 2.83. The van der Waals surface area contributed by atoms with E-state index in [0.29, 0.717) is 17.8 Å². The number of aryl methyl sites for hydroxylation is 1. The second-order valence-electron chi connectivity index (χ2n) is 6.39. The quantitative estimate of drug-likeness (QED) is 0.538. The molecule has 0 saturated heterocycles. The van der Waals surface area contributed by atoms with E-state index in [1.165, 1.54) is 5.56 Å². The number of para-hydroxylation sites is 1. The summed E-state index contributed by atoms with van der Waals surface area (Å²) in [5, 5.41) is 1.76. The van der Waals surface area contributed by atoms with E-state index in [4.69, 9.17) is 14.5 Å². The van der Waals surface area contributed by atoms with Crippen LogP contribution in [-0.2, 0) is 13.0 Å². The maximum Gasteiger partial charge on any atom is 0.261 e. The summed E-state index contributed by atoms with van der Waals surface area (Å²) >= 11 is 0. The smallest absolute Gasteiger partial charge is 0.261 e. The molecule has 0 atom stereocenters. The Hall–Kier alpha value is -3.28. The first-order valence-corrected chi connectivity index (χ1v) is 8.24. The monoisotopic (exact) mass is 331 g/mol. The van der Waals surface area contributed by atoms with Crippen LogP contribution < -0.4 is 15.0 Å². The maximum atomic E-state index is 12.8. The highest BCUT2D eigenvalue weighted by Gasteiger charge is 2.26. The fourth-order valence-corrected chi connectivity index (χ4v) is 3.88. The molecule has 0 aliphatic carbocycles. The molecule has 0 bridgehead atoms. The largest absolute Gasteiger partial charge is 0.454 e. The molecule has 2 aliphatic rings. The molecule has 0 amide bonds. The highest BCUT2D eigenvalue weighted by molar-refractivity contribution is 5.93. The highest BCUT2D eigenvalue weighted by atomic mass is 16.7. The van der Waals surface area contributed by atoms with Crippen LogP contribution in [0, 0.1) is 0 Å². The average Bonchev–Trinajstić information content (AvgIpc) is 3.23. The minimum atomic E-state index is 0.0130. The molecule has 1 N–H and O–H groups in total. The van der Waals surface area contributed by atoms with Crippen LogP contribution in [0.5, 0.6) is 11.5 Å².